The van der Waals surface area contributed by atoms with Crippen molar-refractivity contribution in [3.8, 4) is 34.5 Å². The molecule has 0 saturated heterocycles. The smallest absolute Gasteiger partial charge is 0.335 e. The number of aromatic nitrogens is 1. The largest absolute Gasteiger partial charge is 0.478 e. The van der Waals surface area contributed by atoms with Crippen molar-refractivity contribution in [3.63, 3.8) is 0 Å². The first kappa shape index (κ1) is 21.1. The normalized spacial score (nSPS) is 12.7. The van der Waals surface area contributed by atoms with Crippen molar-refractivity contribution in [2.24, 2.45) is 0 Å². The first-order chi connectivity index (χ1) is 15.4. The molecule has 162 valence electrons. The molecule has 0 spiro atoms. The molecule has 0 unspecified atom stereocenters. The molecule has 7 nitrogen and oxygen atoms in total. The zero-order valence-electron chi connectivity index (χ0n) is 17.8. The standard InChI is InChI=1S/C25H23N3O4/c1-3-21-18(20(26)12-23(27)28-21)9-4-14(2)17-10-19(24-22(11-17)31-13-32-24)15-5-7-16(8-6-15)25(29)30/h5-8,10-12,14H,3,13H2,1-2H3,(H,29,30)(H4,26,27,28)/t14-/m0/s1. The van der Waals surface area contributed by atoms with E-state index in [2.05, 4.69) is 16.8 Å². The number of carbonyl (C=O) groups is 1. The SMILES string of the molecule is CCc1nc(N)cc(N)c1C#C[C@H](C)c1cc2c(c(-c3ccc(C(=O)O)cc3)c1)OCO2. The van der Waals surface area contributed by atoms with E-state index in [0.717, 1.165) is 22.4 Å². The van der Waals surface area contributed by atoms with Crippen LogP contribution in [-0.4, -0.2) is 22.9 Å². The highest BCUT2D eigenvalue weighted by Crippen LogP contribution is 2.43. The van der Waals surface area contributed by atoms with Crippen LogP contribution in [0.15, 0.2) is 42.5 Å². The van der Waals surface area contributed by atoms with Gasteiger partial charge in [0.15, 0.2) is 11.5 Å². The second kappa shape index (κ2) is 8.52. The summed E-state index contributed by atoms with van der Waals surface area (Å²) in [6, 6.07) is 12.2. The Morgan fingerprint density at radius 1 is 1.19 bits per heavy atom. The number of aromatic carboxylic acids is 1. The first-order valence-corrected chi connectivity index (χ1v) is 10.2. The van der Waals surface area contributed by atoms with E-state index in [4.69, 9.17) is 26.0 Å². The molecule has 4 rings (SSSR count). The minimum atomic E-state index is -0.970. The average Bonchev–Trinajstić information content (AvgIpc) is 3.26. The summed E-state index contributed by atoms with van der Waals surface area (Å²) < 4.78 is 11.3. The van der Waals surface area contributed by atoms with E-state index < -0.39 is 5.97 Å². The van der Waals surface area contributed by atoms with Crippen LogP contribution in [-0.2, 0) is 6.42 Å². The second-order valence-electron chi connectivity index (χ2n) is 7.49. The van der Waals surface area contributed by atoms with Crippen LogP contribution in [0.3, 0.4) is 0 Å². The Morgan fingerprint density at radius 2 is 1.94 bits per heavy atom. The molecule has 2 heterocycles. The lowest BCUT2D eigenvalue weighted by atomic mass is 9.94. The Kier molecular flexibility index (Phi) is 5.61. The number of aryl methyl sites for hydroxylation is 1. The zero-order valence-corrected chi connectivity index (χ0v) is 17.8. The molecule has 1 atom stereocenters. The lowest BCUT2D eigenvalue weighted by molar-refractivity contribution is 0.0697. The lowest BCUT2D eigenvalue weighted by Crippen LogP contribution is -2.03. The van der Waals surface area contributed by atoms with Crippen LogP contribution >= 0.6 is 0 Å². The number of ether oxygens (including phenoxy) is 2. The highest BCUT2D eigenvalue weighted by molar-refractivity contribution is 5.88. The minimum absolute atomic E-state index is 0.132. The van der Waals surface area contributed by atoms with Crippen molar-refractivity contribution >= 4 is 17.5 Å². The van der Waals surface area contributed by atoms with E-state index in [1.54, 1.807) is 30.3 Å². The highest BCUT2D eigenvalue weighted by Gasteiger charge is 2.22. The number of nitrogens with two attached hydrogens (primary N) is 2. The van der Waals surface area contributed by atoms with Gasteiger partial charge in [0, 0.05) is 17.5 Å². The van der Waals surface area contributed by atoms with Crippen LogP contribution in [0.25, 0.3) is 11.1 Å². The minimum Gasteiger partial charge on any atom is -0.478 e. The molecule has 3 aromatic rings. The Labute approximate surface area is 186 Å². The summed E-state index contributed by atoms with van der Waals surface area (Å²) in [5.41, 5.74) is 16.7. The van der Waals surface area contributed by atoms with E-state index in [1.807, 2.05) is 26.0 Å². The third kappa shape index (κ3) is 4.03. The van der Waals surface area contributed by atoms with E-state index >= 15 is 0 Å². The van der Waals surface area contributed by atoms with Crippen LogP contribution in [0.5, 0.6) is 11.5 Å². The zero-order chi connectivity index (χ0) is 22.8. The molecule has 0 amide bonds. The van der Waals surface area contributed by atoms with Gasteiger partial charge in [-0.05, 0) is 48.7 Å². The van der Waals surface area contributed by atoms with Gasteiger partial charge in [-0.15, -0.1) is 0 Å². The summed E-state index contributed by atoms with van der Waals surface area (Å²) in [6.45, 7) is 4.11. The fourth-order valence-electron chi connectivity index (χ4n) is 3.59. The van der Waals surface area contributed by atoms with Gasteiger partial charge in [0.25, 0.3) is 0 Å². The fraction of sp³-hybridized carbons (Fsp3) is 0.200. The van der Waals surface area contributed by atoms with Gasteiger partial charge >= 0.3 is 5.97 Å². The monoisotopic (exact) mass is 429 g/mol. The molecule has 1 aromatic heterocycles. The van der Waals surface area contributed by atoms with Gasteiger partial charge in [-0.3, -0.25) is 0 Å². The molecular weight excluding hydrogens is 406 g/mol. The first-order valence-electron chi connectivity index (χ1n) is 10.2. The summed E-state index contributed by atoms with van der Waals surface area (Å²) in [4.78, 5) is 15.5. The Hall–Kier alpha value is -4.18. The van der Waals surface area contributed by atoms with Crippen LogP contribution in [0.4, 0.5) is 11.5 Å². The van der Waals surface area contributed by atoms with Gasteiger partial charge in [0.05, 0.1) is 22.5 Å². The number of pyridine rings is 1. The molecule has 1 aliphatic heterocycles. The van der Waals surface area contributed by atoms with E-state index in [-0.39, 0.29) is 18.3 Å². The van der Waals surface area contributed by atoms with E-state index in [9.17, 15) is 4.79 Å². The number of carboxylic acids is 1. The number of hydrogen-bond acceptors (Lipinski definition) is 6. The highest BCUT2D eigenvalue weighted by atomic mass is 16.7. The van der Waals surface area contributed by atoms with Crippen LogP contribution in [0.2, 0.25) is 0 Å². The van der Waals surface area contributed by atoms with Crippen molar-refractivity contribution in [1.82, 2.24) is 4.98 Å². The molecule has 0 radical (unpaired) electrons. The number of nitrogens with zero attached hydrogens (tertiary/aromatic N) is 1. The summed E-state index contributed by atoms with van der Waals surface area (Å²) in [5, 5.41) is 9.16. The Balaban J connectivity index is 1.72. The molecule has 32 heavy (non-hydrogen) atoms. The van der Waals surface area contributed by atoms with E-state index in [1.165, 1.54) is 0 Å². The Morgan fingerprint density at radius 3 is 2.62 bits per heavy atom. The quantitative estimate of drug-likeness (QED) is 0.535. The summed E-state index contributed by atoms with van der Waals surface area (Å²) in [6.07, 6.45) is 0.675. The van der Waals surface area contributed by atoms with Crippen molar-refractivity contribution < 1.29 is 19.4 Å². The third-order valence-corrected chi connectivity index (χ3v) is 5.33. The van der Waals surface area contributed by atoms with Gasteiger partial charge in [-0.1, -0.05) is 30.9 Å². The molecular formula is C25H23N3O4. The molecule has 5 N–H and O–H groups in total. The fourth-order valence-corrected chi connectivity index (χ4v) is 3.59. The lowest BCUT2D eigenvalue weighted by Gasteiger charge is -2.12. The van der Waals surface area contributed by atoms with Crippen molar-refractivity contribution in [2.45, 2.75) is 26.2 Å². The van der Waals surface area contributed by atoms with Gasteiger partial charge in [-0.25, -0.2) is 9.78 Å². The van der Waals surface area contributed by atoms with Gasteiger partial charge in [0.1, 0.15) is 5.82 Å². The van der Waals surface area contributed by atoms with E-state index in [0.29, 0.717) is 35.0 Å². The van der Waals surface area contributed by atoms with Crippen molar-refractivity contribution in [1.29, 1.82) is 0 Å². The molecule has 7 heteroatoms. The molecule has 2 aromatic carbocycles. The summed E-state index contributed by atoms with van der Waals surface area (Å²) >= 11 is 0. The molecule has 0 fully saturated rings. The summed E-state index contributed by atoms with van der Waals surface area (Å²) in [7, 11) is 0. The number of carboxylic acid groups (broad SMARTS) is 1. The predicted molar refractivity (Wildman–Crippen MR) is 123 cm³/mol. The number of nitrogen functional groups attached to an aromatic ring is 2. The summed E-state index contributed by atoms with van der Waals surface area (Å²) in [5.74, 6) is 6.98. The topological polar surface area (TPSA) is 121 Å². The predicted octanol–water partition coefficient (Wildman–Crippen LogP) is 4.06. The number of fused-ring (bicyclic) bond motifs is 1. The number of rotatable bonds is 4. The molecule has 0 bridgehead atoms. The Bertz CT molecular complexity index is 1260. The maximum atomic E-state index is 11.2. The van der Waals surface area contributed by atoms with Gasteiger partial charge in [0.2, 0.25) is 6.79 Å². The molecule has 0 aliphatic carbocycles. The number of anilines is 2. The van der Waals surface area contributed by atoms with Crippen LogP contribution in [0, 0.1) is 11.8 Å². The maximum Gasteiger partial charge on any atom is 0.335 e. The second-order valence-corrected chi connectivity index (χ2v) is 7.49. The van der Waals surface area contributed by atoms with Crippen LogP contribution in [0.1, 0.15) is 46.9 Å². The van der Waals surface area contributed by atoms with Crippen molar-refractivity contribution in [2.75, 3.05) is 18.3 Å². The van der Waals surface area contributed by atoms with Gasteiger partial charge < -0.3 is 26.0 Å². The van der Waals surface area contributed by atoms with Crippen molar-refractivity contribution in [3.05, 3.63) is 64.8 Å². The average molecular weight is 429 g/mol. The van der Waals surface area contributed by atoms with Gasteiger partial charge in [-0.2, -0.15) is 0 Å². The number of hydrogen-bond donors (Lipinski definition) is 3. The maximum absolute atomic E-state index is 11.2. The van der Waals surface area contributed by atoms with Crippen LogP contribution < -0.4 is 20.9 Å². The third-order valence-electron chi connectivity index (χ3n) is 5.33. The molecule has 0 saturated carbocycles. The number of benzene rings is 2. The molecule has 1 aliphatic rings.